The van der Waals surface area contributed by atoms with E-state index in [0.29, 0.717) is 5.39 Å². The summed E-state index contributed by atoms with van der Waals surface area (Å²) in [6, 6.07) is 7.37. The summed E-state index contributed by atoms with van der Waals surface area (Å²) < 4.78 is 1.26. The van der Waals surface area contributed by atoms with Gasteiger partial charge < -0.3 is 5.32 Å². The highest BCUT2D eigenvalue weighted by molar-refractivity contribution is 5.83. The molecule has 2 aromatic rings. The summed E-state index contributed by atoms with van der Waals surface area (Å²) in [7, 11) is 0. The van der Waals surface area contributed by atoms with Gasteiger partial charge in [0.1, 0.15) is 6.54 Å². The summed E-state index contributed by atoms with van der Waals surface area (Å²) >= 11 is 0. The molecule has 1 heterocycles. The van der Waals surface area contributed by atoms with E-state index >= 15 is 0 Å². The Morgan fingerprint density at radius 3 is 2.75 bits per heavy atom. The Bertz CT molecular complexity index is 851. The molecule has 1 aliphatic carbocycles. The molecule has 0 bridgehead atoms. The third-order valence-electron chi connectivity index (χ3n) is 4.61. The first-order valence-corrected chi connectivity index (χ1v) is 8.51. The molecule has 0 saturated heterocycles. The second kappa shape index (κ2) is 6.99. The number of amides is 1. The number of hydrogen-bond donors (Lipinski definition) is 1. The molecule has 5 nitrogen and oxygen atoms in total. The summed E-state index contributed by atoms with van der Waals surface area (Å²) in [6.07, 6.45) is 6.74. The van der Waals surface area contributed by atoms with Crippen molar-refractivity contribution in [2.24, 2.45) is 0 Å². The van der Waals surface area contributed by atoms with Crippen LogP contribution in [0.3, 0.4) is 0 Å². The molecule has 1 amide bonds. The maximum atomic E-state index is 12.5. The first-order valence-electron chi connectivity index (χ1n) is 8.51. The normalized spacial score (nSPS) is 15.8. The maximum Gasteiger partial charge on any atom is 0.275 e. The predicted octanol–water partition coefficient (Wildman–Crippen LogP) is 2.71. The fourth-order valence-electron chi connectivity index (χ4n) is 3.28. The first-order chi connectivity index (χ1) is 11.6. The second-order valence-corrected chi connectivity index (χ2v) is 6.41. The Hall–Kier alpha value is -2.43. The Kier molecular flexibility index (Phi) is 4.79. The molecular weight excluding hydrogens is 302 g/mol. The van der Waals surface area contributed by atoms with Crippen molar-refractivity contribution < 1.29 is 4.79 Å². The van der Waals surface area contributed by atoms with E-state index in [-0.39, 0.29) is 24.1 Å². The van der Waals surface area contributed by atoms with Crippen molar-refractivity contribution >= 4 is 16.7 Å². The van der Waals surface area contributed by atoms with Crippen LogP contribution >= 0.6 is 0 Å². The van der Waals surface area contributed by atoms with Crippen LogP contribution in [0.1, 0.15) is 38.3 Å². The van der Waals surface area contributed by atoms with Crippen LogP contribution in [-0.4, -0.2) is 21.7 Å². The van der Waals surface area contributed by atoms with Crippen molar-refractivity contribution in [3.63, 3.8) is 0 Å². The zero-order valence-corrected chi connectivity index (χ0v) is 14.2. The highest BCUT2D eigenvalue weighted by atomic mass is 16.2. The molecule has 5 heteroatoms. The van der Waals surface area contributed by atoms with Crippen molar-refractivity contribution in [3.8, 4) is 0 Å². The van der Waals surface area contributed by atoms with Crippen LogP contribution in [-0.2, 0) is 11.3 Å². The Morgan fingerprint density at radius 1 is 1.29 bits per heavy atom. The molecule has 1 aromatic heterocycles. The topological polar surface area (TPSA) is 64.0 Å². The molecular formula is C19H23N3O2. The number of carbonyl (C=O) groups is 1. The lowest BCUT2D eigenvalue weighted by atomic mass is 9.95. The van der Waals surface area contributed by atoms with Crippen LogP contribution < -0.4 is 10.9 Å². The van der Waals surface area contributed by atoms with E-state index < -0.39 is 0 Å². The summed E-state index contributed by atoms with van der Waals surface area (Å²) in [5.41, 5.74) is 1.81. The molecule has 1 atom stereocenters. The van der Waals surface area contributed by atoms with Gasteiger partial charge in [0, 0.05) is 11.4 Å². The summed E-state index contributed by atoms with van der Waals surface area (Å²) in [5.74, 6) is -0.182. The maximum absolute atomic E-state index is 12.5. The SMILES string of the molecule is Cc1nn(CC(=O)NC(C)C2=CCCCC2)c(=O)c2ccccc12. The molecule has 24 heavy (non-hydrogen) atoms. The Labute approximate surface area is 141 Å². The molecule has 0 spiro atoms. The molecule has 0 fully saturated rings. The second-order valence-electron chi connectivity index (χ2n) is 6.41. The summed E-state index contributed by atoms with van der Waals surface area (Å²) in [6.45, 7) is 3.80. The van der Waals surface area contributed by atoms with Crippen LogP contribution in [0, 0.1) is 6.92 Å². The van der Waals surface area contributed by atoms with E-state index in [1.54, 1.807) is 6.07 Å². The third-order valence-corrected chi connectivity index (χ3v) is 4.61. The number of aryl methyl sites for hydroxylation is 1. The summed E-state index contributed by atoms with van der Waals surface area (Å²) in [4.78, 5) is 24.8. The number of benzene rings is 1. The quantitative estimate of drug-likeness (QED) is 0.879. The number of aromatic nitrogens is 2. The standard InChI is InChI=1S/C19H23N3O2/c1-13(15-8-4-3-5-9-15)20-18(23)12-22-19(24)17-11-7-6-10-16(17)14(2)21-22/h6-8,10-11,13H,3-5,9,12H2,1-2H3,(H,20,23). The Balaban J connectivity index is 1.77. The molecule has 0 saturated carbocycles. The van der Waals surface area contributed by atoms with E-state index in [4.69, 9.17) is 0 Å². The van der Waals surface area contributed by atoms with Gasteiger partial charge in [0.25, 0.3) is 5.56 Å². The lowest BCUT2D eigenvalue weighted by Crippen LogP contribution is -2.39. The molecule has 3 rings (SSSR count). The molecule has 0 aliphatic heterocycles. The zero-order chi connectivity index (χ0) is 17.1. The van der Waals surface area contributed by atoms with Gasteiger partial charge in [-0.1, -0.05) is 29.8 Å². The molecule has 1 unspecified atom stereocenters. The zero-order valence-electron chi connectivity index (χ0n) is 14.2. The van der Waals surface area contributed by atoms with E-state index in [0.717, 1.165) is 23.9 Å². The van der Waals surface area contributed by atoms with Gasteiger partial charge in [0.2, 0.25) is 5.91 Å². The van der Waals surface area contributed by atoms with Gasteiger partial charge in [0.05, 0.1) is 11.1 Å². The number of rotatable bonds is 4. The fraction of sp³-hybridized carbons (Fsp3) is 0.421. The van der Waals surface area contributed by atoms with Gasteiger partial charge in [-0.15, -0.1) is 0 Å². The number of allylic oxidation sites excluding steroid dienone is 1. The largest absolute Gasteiger partial charge is 0.348 e. The number of carbonyl (C=O) groups excluding carboxylic acids is 1. The van der Waals surface area contributed by atoms with E-state index in [9.17, 15) is 9.59 Å². The number of hydrogen-bond acceptors (Lipinski definition) is 3. The van der Waals surface area contributed by atoms with Gasteiger partial charge in [-0.2, -0.15) is 5.10 Å². The van der Waals surface area contributed by atoms with Gasteiger partial charge in [0.15, 0.2) is 0 Å². The van der Waals surface area contributed by atoms with Crippen molar-refractivity contribution in [2.75, 3.05) is 0 Å². The summed E-state index contributed by atoms with van der Waals surface area (Å²) in [5, 5.41) is 8.71. The average Bonchev–Trinajstić information content (AvgIpc) is 2.60. The molecule has 0 radical (unpaired) electrons. The lowest BCUT2D eigenvalue weighted by Gasteiger charge is -2.21. The van der Waals surface area contributed by atoms with Crippen molar-refractivity contribution in [3.05, 3.63) is 52.0 Å². The van der Waals surface area contributed by atoms with Gasteiger partial charge in [-0.05, 0) is 45.6 Å². The molecule has 1 aromatic carbocycles. The number of fused-ring (bicyclic) bond motifs is 1. The van der Waals surface area contributed by atoms with Crippen molar-refractivity contribution in [1.82, 2.24) is 15.1 Å². The minimum Gasteiger partial charge on any atom is -0.348 e. The van der Waals surface area contributed by atoms with Crippen LogP contribution in [0.2, 0.25) is 0 Å². The monoisotopic (exact) mass is 325 g/mol. The third kappa shape index (κ3) is 3.40. The van der Waals surface area contributed by atoms with Crippen molar-refractivity contribution in [1.29, 1.82) is 0 Å². The van der Waals surface area contributed by atoms with Crippen LogP contribution in [0.15, 0.2) is 40.7 Å². The van der Waals surface area contributed by atoms with E-state index in [1.807, 2.05) is 32.0 Å². The van der Waals surface area contributed by atoms with Gasteiger partial charge >= 0.3 is 0 Å². The predicted molar refractivity (Wildman–Crippen MR) is 94.9 cm³/mol. The van der Waals surface area contributed by atoms with E-state index in [1.165, 1.54) is 23.1 Å². The fourth-order valence-corrected chi connectivity index (χ4v) is 3.28. The number of nitrogens with one attached hydrogen (secondary N) is 1. The smallest absolute Gasteiger partial charge is 0.275 e. The number of nitrogens with zero attached hydrogens (tertiary/aromatic N) is 2. The minimum absolute atomic E-state index is 0.00931. The first kappa shape index (κ1) is 16.4. The van der Waals surface area contributed by atoms with Gasteiger partial charge in [-0.3, -0.25) is 9.59 Å². The highest BCUT2D eigenvalue weighted by Gasteiger charge is 2.16. The highest BCUT2D eigenvalue weighted by Crippen LogP contribution is 2.20. The average molecular weight is 325 g/mol. The van der Waals surface area contributed by atoms with Crippen molar-refractivity contribution in [2.45, 2.75) is 52.1 Å². The Morgan fingerprint density at radius 2 is 2.04 bits per heavy atom. The van der Waals surface area contributed by atoms with Crippen LogP contribution in [0.25, 0.3) is 10.8 Å². The van der Waals surface area contributed by atoms with E-state index in [2.05, 4.69) is 16.5 Å². The van der Waals surface area contributed by atoms with Crippen LogP contribution in [0.4, 0.5) is 0 Å². The molecule has 126 valence electrons. The van der Waals surface area contributed by atoms with Crippen LogP contribution in [0.5, 0.6) is 0 Å². The lowest BCUT2D eigenvalue weighted by molar-refractivity contribution is -0.122. The minimum atomic E-state index is -0.226. The van der Waals surface area contributed by atoms with Gasteiger partial charge in [-0.25, -0.2) is 4.68 Å². The molecule has 1 N–H and O–H groups in total. The molecule has 1 aliphatic rings.